The molecule has 3 N–H and O–H groups in total. The number of aliphatic imine (C=N–C) groups is 1. The molecule has 1 aromatic rings. The fourth-order valence-electron chi connectivity index (χ4n) is 2.82. The van der Waals surface area contributed by atoms with E-state index < -0.39 is 0 Å². The number of nitrogens with two attached hydrogens (primary N) is 1. The predicted octanol–water partition coefficient (Wildman–Crippen LogP) is 2.74. The van der Waals surface area contributed by atoms with Crippen molar-refractivity contribution >= 4 is 5.96 Å². The first-order valence-corrected chi connectivity index (χ1v) is 7.59. The number of hydrogen-bond acceptors (Lipinski definition) is 1. The Bertz CT molecular complexity index is 452. The second-order valence-electron chi connectivity index (χ2n) is 6.74. The second kappa shape index (κ2) is 6.29. The van der Waals surface area contributed by atoms with Gasteiger partial charge in [-0.2, -0.15) is 0 Å². The predicted molar refractivity (Wildman–Crippen MR) is 85.9 cm³/mol. The summed E-state index contributed by atoms with van der Waals surface area (Å²) in [5.41, 5.74) is 9.10. The molecule has 0 unspecified atom stereocenters. The largest absolute Gasteiger partial charge is 0.370 e. The molecule has 0 atom stereocenters. The minimum atomic E-state index is 0.216. The van der Waals surface area contributed by atoms with Crippen LogP contribution in [0.4, 0.5) is 0 Å². The van der Waals surface area contributed by atoms with Gasteiger partial charge in [-0.15, -0.1) is 0 Å². The van der Waals surface area contributed by atoms with Gasteiger partial charge in [0.25, 0.3) is 0 Å². The van der Waals surface area contributed by atoms with Gasteiger partial charge in [0.2, 0.25) is 0 Å². The Kier molecular flexibility index (Phi) is 4.69. The highest BCUT2D eigenvalue weighted by molar-refractivity contribution is 5.77. The molecule has 0 saturated heterocycles. The number of guanidine groups is 1. The third-order valence-corrected chi connectivity index (χ3v) is 4.01. The Morgan fingerprint density at radius 3 is 2.45 bits per heavy atom. The summed E-state index contributed by atoms with van der Waals surface area (Å²) in [5, 5.41) is 3.20. The van der Waals surface area contributed by atoms with E-state index in [1.165, 1.54) is 11.1 Å². The minimum absolute atomic E-state index is 0.216. The Morgan fingerprint density at radius 2 is 1.90 bits per heavy atom. The minimum Gasteiger partial charge on any atom is -0.370 e. The number of benzene rings is 1. The maximum atomic E-state index is 5.94. The van der Waals surface area contributed by atoms with Crippen molar-refractivity contribution < 1.29 is 0 Å². The molecule has 0 radical (unpaired) electrons. The lowest BCUT2D eigenvalue weighted by atomic mass is 9.87. The topological polar surface area (TPSA) is 50.4 Å². The summed E-state index contributed by atoms with van der Waals surface area (Å²) in [6, 6.07) is 8.70. The van der Waals surface area contributed by atoms with Gasteiger partial charge in [-0.05, 0) is 41.7 Å². The Morgan fingerprint density at radius 1 is 1.30 bits per heavy atom. The maximum absolute atomic E-state index is 5.94. The van der Waals surface area contributed by atoms with Crippen molar-refractivity contribution in [1.82, 2.24) is 5.32 Å². The van der Waals surface area contributed by atoms with Gasteiger partial charge in [-0.25, -0.2) is 0 Å². The van der Waals surface area contributed by atoms with Crippen molar-refractivity contribution in [1.29, 1.82) is 0 Å². The zero-order valence-electron chi connectivity index (χ0n) is 12.9. The van der Waals surface area contributed by atoms with E-state index in [0.717, 1.165) is 32.4 Å². The van der Waals surface area contributed by atoms with Crippen molar-refractivity contribution in [3.05, 3.63) is 35.4 Å². The summed E-state index contributed by atoms with van der Waals surface area (Å²) >= 11 is 0. The fraction of sp³-hybridized carbons (Fsp3) is 0.588. The van der Waals surface area contributed by atoms with Crippen LogP contribution in [0.3, 0.4) is 0 Å². The normalized spacial score (nSPS) is 17.3. The van der Waals surface area contributed by atoms with Crippen LogP contribution in [0.25, 0.3) is 0 Å². The van der Waals surface area contributed by atoms with Crippen molar-refractivity contribution in [3.8, 4) is 0 Å². The zero-order valence-corrected chi connectivity index (χ0v) is 12.9. The van der Waals surface area contributed by atoms with Crippen LogP contribution in [0.15, 0.2) is 29.3 Å². The summed E-state index contributed by atoms with van der Waals surface area (Å²) in [6.45, 7) is 8.43. The number of fused-ring (bicyclic) bond motifs is 1. The standard InChI is InChI=1S/C17H27N3/c1-13(2)8-9-19-16(18)20-12-17(3)10-14-6-4-5-7-15(14)11-17/h4-7,13H,8-12H2,1-3H3,(H3,18,19,20). The summed E-state index contributed by atoms with van der Waals surface area (Å²) in [7, 11) is 0. The van der Waals surface area contributed by atoms with E-state index in [9.17, 15) is 0 Å². The van der Waals surface area contributed by atoms with Crippen LogP contribution in [0.5, 0.6) is 0 Å². The van der Waals surface area contributed by atoms with Gasteiger partial charge in [0.15, 0.2) is 5.96 Å². The van der Waals surface area contributed by atoms with Gasteiger partial charge >= 0.3 is 0 Å². The van der Waals surface area contributed by atoms with E-state index in [4.69, 9.17) is 5.73 Å². The quantitative estimate of drug-likeness (QED) is 0.640. The van der Waals surface area contributed by atoms with Gasteiger partial charge in [0.05, 0.1) is 0 Å². The summed E-state index contributed by atoms with van der Waals surface area (Å²) in [5.74, 6) is 1.28. The lowest BCUT2D eigenvalue weighted by Crippen LogP contribution is -2.34. The molecule has 0 fully saturated rings. The van der Waals surface area contributed by atoms with E-state index in [-0.39, 0.29) is 5.41 Å². The first-order valence-electron chi connectivity index (χ1n) is 7.59. The van der Waals surface area contributed by atoms with E-state index in [0.29, 0.717) is 11.9 Å². The van der Waals surface area contributed by atoms with Crippen molar-refractivity contribution in [2.75, 3.05) is 13.1 Å². The molecular weight excluding hydrogens is 246 g/mol. The summed E-state index contributed by atoms with van der Waals surface area (Å²) < 4.78 is 0. The van der Waals surface area contributed by atoms with Crippen LogP contribution in [0.1, 0.15) is 38.3 Å². The molecule has 1 aliphatic carbocycles. The lowest BCUT2D eigenvalue weighted by molar-refractivity contribution is 0.360. The van der Waals surface area contributed by atoms with E-state index in [1.54, 1.807) is 0 Å². The molecule has 110 valence electrons. The van der Waals surface area contributed by atoms with Gasteiger partial charge in [-0.3, -0.25) is 4.99 Å². The summed E-state index contributed by atoms with van der Waals surface area (Å²) in [6.07, 6.45) is 3.33. The highest BCUT2D eigenvalue weighted by Crippen LogP contribution is 2.36. The molecular formula is C17H27N3. The summed E-state index contributed by atoms with van der Waals surface area (Å²) in [4.78, 5) is 4.54. The Labute approximate surface area is 122 Å². The average molecular weight is 273 g/mol. The molecule has 0 amide bonds. The van der Waals surface area contributed by atoms with Gasteiger partial charge in [-0.1, -0.05) is 45.0 Å². The number of hydrogen-bond donors (Lipinski definition) is 2. The number of nitrogens with one attached hydrogen (secondary N) is 1. The molecule has 1 aliphatic rings. The third kappa shape index (κ3) is 3.99. The van der Waals surface area contributed by atoms with E-state index >= 15 is 0 Å². The van der Waals surface area contributed by atoms with Crippen LogP contribution in [0, 0.1) is 11.3 Å². The van der Waals surface area contributed by atoms with Crippen LogP contribution in [-0.2, 0) is 12.8 Å². The van der Waals surface area contributed by atoms with Gasteiger partial charge in [0.1, 0.15) is 0 Å². The first-order chi connectivity index (χ1) is 9.48. The Balaban J connectivity index is 1.85. The molecule has 3 heteroatoms. The lowest BCUT2D eigenvalue weighted by Gasteiger charge is -2.21. The van der Waals surface area contributed by atoms with Crippen LogP contribution < -0.4 is 11.1 Å². The molecule has 0 aliphatic heterocycles. The number of rotatable bonds is 5. The smallest absolute Gasteiger partial charge is 0.188 e. The molecule has 3 nitrogen and oxygen atoms in total. The molecule has 0 aromatic heterocycles. The second-order valence-corrected chi connectivity index (χ2v) is 6.74. The maximum Gasteiger partial charge on any atom is 0.188 e. The molecule has 0 spiro atoms. The van der Waals surface area contributed by atoms with Crippen molar-refractivity contribution in [2.45, 2.75) is 40.0 Å². The van der Waals surface area contributed by atoms with Crippen molar-refractivity contribution in [2.24, 2.45) is 22.1 Å². The van der Waals surface area contributed by atoms with Crippen LogP contribution in [0.2, 0.25) is 0 Å². The highest BCUT2D eigenvalue weighted by Gasteiger charge is 2.32. The zero-order chi connectivity index (χ0) is 14.6. The van der Waals surface area contributed by atoms with E-state index in [1.807, 2.05) is 0 Å². The molecule has 2 rings (SSSR count). The fourth-order valence-corrected chi connectivity index (χ4v) is 2.82. The van der Waals surface area contributed by atoms with Crippen LogP contribution >= 0.6 is 0 Å². The molecule has 0 heterocycles. The monoisotopic (exact) mass is 273 g/mol. The molecule has 1 aromatic carbocycles. The average Bonchev–Trinajstić information content (AvgIpc) is 2.73. The Hall–Kier alpha value is -1.51. The molecule has 20 heavy (non-hydrogen) atoms. The van der Waals surface area contributed by atoms with E-state index in [2.05, 4.69) is 55.3 Å². The third-order valence-electron chi connectivity index (χ3n) is 4.01. The van der Waals surface area contributed by atoms with Gasteiger partial charge < -0.3 is 11.1 Å². The first kappa shape index (κ1) is 14.9. The van der Waals surface area contributed by atoms with Gasteiger partial charge in [0, 0.05) is 13.1 Å². The molecule has 0 bridgehead atoms. The van der Waals surface area contributed by atoms with Crippen LogP contribution in [-0.4, -0.2) is 19.0 Å². The molecule has 0 saturated carbocycles. The number of nitrogens with zero attached hydrogens (tertiary/aromatic N) is 1. The SMILES string of the molecule is CC(C)CCNC(N)=NCC1(C)Cc2ccccc2C1. The highest BCUT2D eigenvalue weighted by atomic mass is 15.1. The van der Waals surface area contributed by atoms with Crippen molar-refractivity contribution in [3.63, 3.8) is 0 Å².